The Bertz CT molecular complexity index is 632. The maximum Gasteiger partial charge on any atom is 0.330 e. The molecule has 8 N–H and O–H groups in total. The van der Waals surface area contributed by atoms with Crippen LogP contribution in [-0.2, 0) is 24.0 Å². The lowest BCUT2D eigenvalue weighted by atomic mass is 9.88. The largest absolute Gasteiger partial charge is 0.478 e. The molecule has 0 unspecified atom stereocenters. The molecule has 0 saturated heterocycles. The van der Waals surface area contributed by atoms with Crippen molar-refractivity contribution >= 4 is 29.8 Å². The van der Waals surface area contributed by atoms with E-state index in [1.54, 1.807) is 0 Å². The van der Waals surface area contributed by atoms with Crippen molar-refractivity contribution in [2.45, 2.75) is 34.1 Å². The number of carbonyl (C=O) groups is 5. The molecule has 37 heavy (non-hydrogen) atoms. The summed E-state index contributed by atoms with van der Waals surface area (Å²) in [6.45, 7) is 21.1. The Morgan fingerprint density at radius 1 is 0.595 bits per heavy atom. The molecule has 13 heteroatoms. The molecule has 0 saturated carbocycles. The van der Waals surface area contributed by atoms with Crippen molar-refractivity contribution in [3.63, 3.8) is 0 Å². The Morgan fingerprint density at radius 2 is 0.730 bits per heavy atom. The molecule has 0 aromatic carbocycles. The number of carboxylic acid groups (broad SMARTS) is 5. The SMILES string of the molecule is C=C(C)C(=O)O.C=C(C)C(=O)O.C=C(C)C(=O)O.C=CC(=O)O.C=CC(=O)O.CCC(CO)(CO)CO. The van der Waals surface area contributed by atoms with Crippen molar-refractivity contribution in [2.24, 2.45) is 5.41 Å². The van der Waals surface area contributed by atoms with Gasteiger partial charge in [0, 0.05) is 34.3 Å². The van der Waals surface area contributed by atoms with Gasteiger partial charge >= 0.3 is 29.8 Å². The van der Waals surface area contributed by atoms with E-state index in [-0.39, 0.29) is 36.5 Å². The molecule has 0 aliphatic carbocycles. The molecular formula is C24H40O13. The van der Waals surface area contributed by atoms with Crippen molar-refractivity contribution < 1.29 is 64.8 Å². The van der Waals surface area contributed by atoms with Crippen molar-refractivity contribution in [1.29, 1.82) is 0 Å². The average molecular weight is 537 g/mol. The molecule has 13 nitrogen and oxygen atoms in total. The van der Waals surface area contributed by atoms with Gasteiger partial charge in [0.15, 0.2) is 0 Å². The van der Waals surface area contributed by atoms with Gasteiger partial charge in [-0.15, -0.1) is 0 Å². The summed E-state index contributed by atoms with van der Waals surface area (Å²) in [6.07, 6.45) is 2.26. The smallest absolute Gasteiger partial charge is 0.330 e. The summed E-state index contributed by atoms with van der Waals surface area (Å²) in [5, 5.41) is 64.9. The molecule has 0 radical (unpaired) electrons. The van der Waals surface area contributed by atoms with Gasteiger partial charge in [-0.25, -0.2) is 24.0 Å². The fraction of sp³-hybridized carbons (Fsp3) is 0.375. The van der Waals surface area contributed by atoms with Gasteiger partial charge < -0.3 is 40.9 Å². The molecule has 214 valence electrons. The molecule has 0 aromatic rings. The van der Waals surface area contributed by atoms with Gasteiger partial charge in [0.1, 0.15) is 0 Å². The van der Waals surface area contributed by atoms with Gasteiger partial charge in [-0.1, -0.05) is 39.8 Å². The molecular weight excluding hydrogens is 496 g/mol. The number of aliphatic carboxylic acids is 5. The monoisotopic (exact) mass is 536 g/mol. The van der Waals surface area contributed by atoms with E-state index in [9.17, 15) is 24.0 Å². The minimum atomic E-state index is -0.981. The van der Waals surface area contributed by atoms with Crippen LogP contribution in [0.3, 0.4) is 0 Å². The zero-order valence-electron chi connectivity index (χ0n) is 21.6. The third kappa shape index (κ3) is 49.9. The molecule has 0 aromatic heterocycles. The highest BCUT2D eigenvalue weighted by Gasteiger charge is 2.24. The van der Waals surface area contributed by atoms with Crippen molar-refractivity contribution in [3.05, 3.63) is 61.8 Å². The lowest BCUT2D eigenvalue weighted by Crippen LogP contribution is -2.32. The molecule has 0 amide bonds. The average Bonchev–Trinajstić information content (AvgIpc) is 2.82. The van der Waals surface area contributed by atoms with E-state index in [0.29, 0.717) is 6.42 Å². The Hall–Kier alpha value is -4.07. The highest BCUT2D eigenvalue weighted by Crippen LogP contribution is 2.18. The lowest BCUT2D eigenvalue weighted by Gasteiger charge is -2.24. The normalized spacial score (nSPS) is 8.30. The minimum absolute atomic E-state index is 0.156. The van der Waals surface area contributed by atoms with E-state index in [1.165, 1.54) is 20.8 Å². The summed E-state index contributed by atoms with van der Waals surface area (Å²) in [5.41, 5.74) is -0.139. The number of rotatable bonds is 9. The molecule has 0 aliphatic rings. The van der Waals surface area contributed by atoms with Crippen molar-refractivity contribution in [2.75, 3.05) is 19.8 Å². The maximum atomic E-state index is 9.60. The van der Waals surface area contributed by atoms with Crippen molar-refractivity contribution in [1.82, 2.24) is 0 Å². The van der Waals surface area contributed by atoms with Crippen LogP contribution in [0.2, 0.25) is 0 Å². The quantitative estimate of drug-likeness (QED) is 0.196. The Kier molecular flexibility index (Phi) is 37.5. The molecule has 0 rings (SSSR count). The van der Waals surface area contributed by atoms with Crippen LogP contribution in [0.4, 0.5) is 0 Å². The zero-order valence-corrected chi connectivity index (χ0v) is 21.6. The molecule has 0 heterocycles. The first-order chi connectivity index (χ1) is 16.7. The van der Waals surface area contributed by atoms with Crippen LogP contribution in [-0.4, -0.2) is 90.5 Å². The maximum absolute atomic E-state index is 9.60. The molecule has 0 atom stereocenters. The van der Waals surface area contributed by atoms with Gasteiger partial charge in [0.25, 0.3) is 0 Å². The van der Waals surface area contributed by atoms with E-state index in [2.05, 4.69) is 32.9 Å². The summed E-state index contributed by atoms with van der Waals surface area (Å²) in [6, 6.07) is 0. The highest BCUT2D eigenvalue weighted by molar-refractivity contribution is 5.85. The zero-order chi connectivity index (χ0) is 31.4. The Balaban J connectivity index is -0.0000000790. The summed E-state index contributed by atoms with van der Waals surface area (Å²) in [4.78, 5) is 47.3. The molecule has 0 fully saturated rings. The van der Waals surface area contributed by atoms with Crippen molar-refractivity contribution in [3.8, 4) is 0 Å². The topological polar surface area (TPSA) is 247 Å². The van der Waals surface area contributed by atoms with Crippen LogP contribution >= 0.6 is 0 Å². The number of carboxylic acids is 5. The molecule has 0 aliphatic heterocycles. The fourth-order valence-corrected chi connectivity index (χ4v) is 0.485. The lowest BCUT2D eigenvalue weighted by molar-refractivity contribution is -0.133. The first kappa shape index (κ1) is 46.3. The van der Waals surface area contributed by atoms with Crippen LogP contribution < -0.4 is 0 Å². The summed E-state index contributed by atoms with van der Waals surface area (Å²) >= 11 is 0. The van der Waals surface area contributed by atoms with Crippen LogP contribution in [0.1, 0.15) is 34.1 Å². The number of aliphatic hydroxyl groups excluding tert-OH is 3. The Morgan fingerprint density at radius 3 is 0.730 bits per heavy atom. The van der Waals surface area contributed by atoms with Gasteiger partial charge in [-0.2, -0.15) is 0 Å². The predicted molar refractivity (Wildman–Crippen MR) is 137 cm³/mol. The first-order valence-electron chi connectivity index (χ1n) is 9.91. The van der Waals surface area contributed by atoms with E-state index in [1.807, 2.05) is 6.92 Å². The molecule has 0 spiro atoms. The first-order valence-corrected chi connectivity index (χ1v) is 9.91. The van der Waals surface area contributed by atoms with E-state index >= 15 is 0 Å². The predicted octanol–water partition coefficient (Wildman–Crippen LogP) is 1.82. The second-order valence-electron chi connectivity index (χ2n) is 6.67. The van der Waals surface area contributed by atoms with Gasteiger partial charge in [0.05, 0.1) is 19.8 Å². The number of hydrogen-bond donors (Lipinski definition) is 8. The summed E-state index contributed by atoms with van der Waals surface area (Å²) in [5.74, 6) is -4.77. The second-order valence-corrected chi connectivity index (χ2v) is 6.67. The van der Waals surface area contributed by atoms with E-state index < -0.39 is 35.3 Å². The van der Waals surface area contributed by atoms with Crippen LogP contribution in [0.25, 0.3) is 0 Å². The minimum Gasteiger partial charge on any atom is -0.478 e. The summed E-state index contributed by atoms with van der Waals surface area (Å²) < 4.78 is 0. The molecule has 0 bridgehead atoms. The second kappa shape index (κ2) is 30.0. The Labute approximate surface area is 216 Å². The van der Waals surface area contributed by atoms with E-state index in [4.69, 9.17) is 40.9 Å². The standard InChI is InChI=1S/C6H14O3.3C4H6O2.2C3H4O2/c1-2-6(3-7,4-8)5-9;3*1-3(2)4(5)6;2*1-2-3(4)5/h7-9H,2-5H2,1H3;3*1H2,2H3,(H,5,6);2*2H,1H2,(H,4,5). The van der Waals surface area contributed by atoms with Gasteiger partial charge in [-0.3, -0.25) is 0 Å². The number of hydrogen-bond acceptors (Lipinski definition) is 8. The number of aliphatic hydroxyl groups is 3. The van der Waals surface area contributed by atoms with Crippen LogP contribution in [0.5, 0.6) is 0 Å². The fourth-order valence-electron chi connectivity index (χ4n) is 0.485. The van der Waals surface area contributed by atoms with E-state index in [0.717, 1.165) is 12.2 Å². The highest BCUT2D eigenvalue weighted by atomic mass is 16.4. The summed E-state index contributed by atoms with van der Waals surface area (Å²) in [7, 11) is 0. The third-order valence-corrected chi connectivity index (χ3v) is 3.20. The van der Waals surface area contributed by atoms with Gasteiger partial charge in [-0.05, 0) is 27.2 Å². The van der Waals surface area contributed by atoms with Gasteiger partial charge in [0.2, 0.25) is 0 Å². The van der Waals surface area contributed by atoms with Crippen LogP contribution in [0.15, 0.2) is 61.8 Å². The third-order valence-electron chi connectivity index (χ3n) is 3.20. The van der Waals surface area contributed by atoms with Crippen LogP contribution in [0, 0.1) is 5.41 Å².